The van der Waals surface area contributed by atoms with Crippen molar-refractivity contribution in [1.82, 2.24) is 0 Å². The largest absolute Gasteiger partial charge is 0.0620 e. The van der Waals surface area contributed by atoms with E-state index < -0.39 is 0 Å². The van der Waals surface area contributed by atoms with Crippen molar-refractivity contribution in [3.63, 3.8) is 0 Å². The molecule has 0 aromatic carbocycles. The number of fused-ring (bicyclic) bond motifs is 3. The first-order chi connectivity index (χ1) is 6.99. The van der Waals surface area contributed by atoms with Crippen LogP contribution < -0.4 is 0 Å². The fourth-order valence-electron chi connectivity index (χ4n) is 5.61. The molecule has 15 heavy (non-hydrogen) atoms. The van der Waals surface area contributed by atoms with Gasteiger partial charge in [-0.1, -0.05) is 40.5 Å². The summed E-state index contributed by atoms with van der Waals surface area (Å²) in [6, 6.07) is 0. The zero-order valence-corrected chi connectivity index (χ0v) is 10.8. The lowest BCUT2D eigenvalue weighted by Gasteiger charge is -2.50. The number of rotatable bonds is 0. The molecule has 3 aliphatic rings. The Morgan fingerprint density at radius 1 is 0.933 bits per heavy atom. The normalized spacial score (nSPS) is 56.8. The Morgan fingerprint density at radius 2 is 1.67 bits per heavy atom. The highest BCUT2D eigenvalue weighted by molar-refractivity contribution is 5.17. The van der Waals surface area contributed by atoms with Crippen molar-refractivity contribution in [2.24, 2.45) is 34.5 Å². The summed E-state index contributed by atoms with van der Waals surface area (Å²) in [7, 11) is 0. The van der Waals surface area contributed by atoms with Crippen molar-refractivity contribution in [3.8, 4) is 0 Å². The highest BCUT2D eigenvalue weighted by Gasteiger charge is 2.69. The van der Waals surface area contributed by atoms with Gasteiger partial charge >= 0.3 is 0 Å². The minimum absolute atomic E-state index is 0.676. The van der Waals surface area contributed by atoms with Crippen LogP contribution in [0.1, 0.15) is 59.8 Å². The Kier molecular flexibility index (Phi) is 1.91. The molecule has 0 unspecified atom stereocenters. The third-order valence-corrected chi connectivity index (χ3v) is 6.68. The predicted molar refractivity (Wildman–Crippen MR) is 64.6 cm³/mol. The minimum atomic E-state index is 0.676. The van der Waals surface area contributed by atoms with E-state index in [1.807, 2.05) is 0 Å². The van der Waals surface area contributed by atoms with Crippen LogP contribution in [0, 0.1) is 34.5 Å². The average Bonchev–Trinajstić information content (AvgIpc) is 2.73. The van der Waals surface area contributed by atoms with Gasteiger partial charge in [0.25, 0.3) is 0 Å². The molecule has 86 valence electrons. The van der Waals surface area contributed by atoms with Gasteiger partial charge in [-0.15, -0.1) is 0 Å². The molecule has 0 heteroatoms. The smallest absolute Gasteiger partial charge is 0.0236 e. The summed E-state index contributed by atoms with van der Waals surface area (Å²) in [6.07, 6.45) is 7.59. The maximum absolute atomic E-state index is 2.63. The second-order valence-corrected chi connectivity index (χ2v) is 7.38. The number of hydrogen-bond acceptors (Lipinski definition) is 0. The third kappa shape index (κ3) is 1.09. The molecule has 5 atom stereocenters. The van der Waals surface area contributed by atoms with Crippen LogP contribution in [0.5, 0.6) is 0 Å². The first-order valence-electron chi connectivity index (χ1n) is 6.99. The molecule has 0 aromatic rings. The van der Waals surface area contributed by atoms with Gasteiger partial charge in [-0.2, -0.15) is 0 Å². The van der Waals surface area contributed by atoms with Gasteiger partial charge in [-0.05, 0) is 53.8 Å². The van der Waals surface area contributed by atoms with E-state index in [9.17, 15) is 0 Å². The summed E-state index contributed by atoms with van der Waals surface area (Å²) >= 11 is 0. The zero-order chi connectivity index (χ0) is 10.8. The highest BCUT2D eigenvalue weighted by atomic mass is 14.7. The molecule has 0 bridgehead atoms. The molecule has 0 amide bonds. The van der Waals surface area contributed by atoms with Crippen LogP contribution >= 0.6 is 0 Å². The first kappa shape index (κ1) is 10.2. The molecule has 0 aromatic heterocycles. The van der Waals surface area contributed by atoms with E-state index in [1.165, 1.54) is 32.1 Å². The van der Waals surface area contributed by atoms with E-state index in [-0.39, 0.29) is 0 Å². The van der Waals surface area contributed by atoms with Crippen LogP contribution in [0.4, 0.5) is 0 Å². The second kappa shape index (κ2) is 2.81. The van der Waals surface area contributed by atoms with Gasteiger partial charge in [-0.3, -0.25) is 0 Å². The van der Waals surface area contributed by atoms with Crippen molar-refractivity contribution in [1.29, 1.82) is 0 Å². The topological polar surface area (TPSA) is 0 Å². The van der Waals surface area contributed by atoms with E-state index >= 15 is 0 Å². The van der Waals surface area contributed by atoms with Crippen LogP contribution in [0.15, 0.2) is 0 Å². The Balaban J connectivity index is 1.95. The van der Waals surface area contributed by atoms with Crippen LogP contribution in [0.25, 0.3) is 0 Å². The Hall–Kier alpha value is 0. The van der Waals surface area contributed by atoms with Gasteiger partial charge < -0.3 is 0 Å². The lowest BCUT2D eigenvalue weighted by atomic mass is 9.55. The fraction of sp³-hybridized carbons (Fsp3) is 1.00. The van der Waals surface area contributed by atoms with Crippen LogP contribution in [0.3, 0.4) is 0 Å². The molecule has 3 fully saturated rings. The van der Waals surface area contributed by atoms with E-state index in [4.69, 9.17) is 0 Å². The molecular weight excluding hydrogens is 180 g/mol. The van der Waals surface area contributed by atoms with Crippen molar-refractivity contribution >= 4 is 0 Å². The van der Waals surface area contributed by atoms with Gasteiger partial charge in [-0.25, -0.2) is 0 Å². The maximum Gasteiger partial charge on any atom is -0.0236 e. The fourth-order valence-corrected chi connectivity index (χ4v) is 5.61. The molecule has 0 heterocycles. The molecule has 0 saturated heterocycles. The monoisotopic (exact) mass is 206 g/mol. The molecule has 0 radical (unpaired) electrons. The van der Waals surface area contributed by atoms with Gasteiger partial charge in [0, 0.05) is 0 Å². The van der Waals surface area contributed by atoms with Crippen LogP contribution in [-0.2, 0) is 0 Å². The van der Waals surface area contributed by atoms with Crippen LogP contribution in [-0.4, -0.2) is 0 Å². The molecular formula is C15H26. The van der Waals surface area contributed by atoms with Crippen molar-refractivity contribution in [3.05, 3.63) is 0 Å². The van der Waals surface area contributed by atoms with Gasteiger partial charge in [0.05, 0.1) is 0 Å². The van der Waals surface area contributed by atoms with Gasteiger partial charge in [0.15, 0.2) is 0 Å². The van der Waals surface area contributed by atoms with Crippen molar-refractivity contribution in [2.75, 3.05) is 0 Å². The van der Waals surface area contributed by atoms with Crippen LogP contribution in [0.2, 0.25) is 0 Å². The molecule has 3 aliphatic carbocycles. The van der Waals surface area contributed by atoms with E-state index in [2.05, 4.69) is 27.7 Å². The summed E-state index contributed by atoms with van der Waals surface area (Å²) in [5.41, 5.74) is 1.37. The zero-order valence-electron chi connectivity index (χ0n) is 10.8. The SMILES string of the molecule is C[C@@H]1CCC[C@H]2CC[C@@H]3[C@@H](C3(C)C)[C@]21C. The lowest BCUT2D eigenvalue weighted by Crippen LogP contribution is -2.42. The summed E-state index contributed by atoms with van der Waals surface area (Å²) < 4.78 is 0. The number of hydrogen-bond donors (Lipinski definition) is 0. The van der Waals surface area contributed by atoms with Gasteiger partial charge in [0.2, 0.25) is 0 Å². The summed E-state index contributed by atoms with van der Waals surface area (Å²) in [5, 5.41) is 0. The molecule has 3 rings (SSSR count). The summed E-state index contributed by atoms with van der Waals surface area (Å²) in [4.78, 5) is 0. The molecule has 3 saturated carbocycles. The predicted octanol–water partition coefficient (Wildman–Crippen LogP) is 4.49. The molecule has 0 N–H and O–H groups in total. The molecule has 0 aliphatic heterocycles. The van der Waals surface area contributed by atoms with Crippen molar-refractivity contribution < 1.29 is 0 Å². The lowest BCUT2D eigenvalue weighted by molar-refractivity contribution is -0.00877. The Bertz CT molecular complexity index is 278. The van der Waals surface area contributed by atoms with Gasteiger partial charge in [0.1, 0.15) is 0 Å². The van der Waals surface area contributed by atoms with E-state index in [0.29, 0.717) is 10.8 Å². The third-order valence-electron chi connectivity index (χ3n) is 6.68. The quantitative estimate of drug-likeness (QED) is 0.547. The maximum atomic E-state index is 2.63. The Morgan fingerprint density at radius 3 is 2.40 bits per heavy atom. The van der Waals surface area contributed by atoms with E-state index in [0.717, 1.165) is 23.7 Å². The second-order valence-electron chi connectivity index (χ2n) is 7.38. The standard InChI is InChI=1S/C15H26/c1-10-6-5-7-11-8-9-12-13(14(12,2)3)15(10,11)4/h10-13H,5-9H2,1-4H3/t10-,11+,12-,13+,15+/m1/s1. The average molecular weight is 206 g/mol. The Labute approximate surface area is 94.8 Å². The first-order valence-corrected chi connectivity index (χ1v) is 6.99. The molecule has 0 spiro atoms. The van der Waals surface area contributed by atoms with E-state index in [1.54, 1.807) is 0 Å². The highest BCUT2D eigenvalue weighted by Crippen LogP contribution is 2.75. The van der Waals surface area contributed by atoms with Crippen molar-refractivity contribution in [2.45, 2.75) is 59.8 Å². The summed E-state index contributed by atoms with van der Waals surface area (Å²) in [5.74, 6) is 4.16. The summed E-state index contributed by atoms with van der Waals surface area (Å²) in [6.45, 7) is 10.2. The molecule has 0 nitrogen and oxygen atoms in total. The minimum Gasteiger partial charge on any atom is -0.0620 e.